The molecule has 0 spiro atoms. The SMILES string of the molecule is C=CC(C)(C)[P+](c1ccccc1)(c1ccccc1)c1ccccc1. The van der Waals surface area contributed by atoms with E-state index in [0.29, 0.717) is 0 Å². The summed E-state index contributed by atoms with van der Waals surface area (Å²) in [5, 5.41) is 4.13. The second-order valence-electron chi connectivity index (χ2n) is 6.54. The minimum Gasteiger partial charge on any atom is -0.0989 e. The van der Waals surface area contributed by atoms with Gasteiger partial charge in [-0.2, -0.15) is 0 Å². The standard InChI is InChI=1S/C23H24P/c1-4-23(2,3)24(20-14-8-5-9-15-20,21-16-10-6-11-17-21)22-18-12-7-13-19-22/h4-19H,1H2,2-3H3/q+1. The van der Waals surface area contributed by atoms with Crippen molar-refractivity contribution in [1.29, 1.82) is 0 Å². The van der Waals surface area contributed by atoms with E-state index in [0.717, 1.165) is 0 Å². The molecule has 0 fully saturated rings. The van der Waals surface area contributed by atoms with Crippen molar-refractivity contribution in [1.82, 2.24) is 0 Å². The Morgan fingerprint density at radius 3 is 1.17 bits per heavy atom. The van der Waals surface area contributed by atoms with Crippen molar-refractivity contribution in [3.63, 3.8) is 0 Å². The quantitative estimate of drug-likeness (QED) is 0.459. The minimum absolute atomic E-state index is 0.0585. The van der Waals surface area contributed by atoms with E-state index in [-0.39, 0.29) is 5.16 Å². The third-order valence-corrected chi connectivity index (χ3v) is 9.92. The lowest BCUT2D eigenvalue weighted by atomic mass is 10.2. The summed E-state index contributed by atoms with van der Waals surface area (Å²) in [6.45, 7) is 8.84. The number of rotatable bonds is 5. The molecule has 120 valence electrons. The second kappa shape index (κ2) is 6.75. The summed E-state index contributed by atoms with van der Waals surface area (Å²) < 4.78 is 0. The van der Waals surface area contributed by atoms with Crippen molar-refractivity contribution in [3.8, 4) is 0 Å². The average Bonchev–Trinajstić information content (AvgIpc) is 2.65. The highest BCUT2D eigenvalue weighted by atomic mass is 31.2. The van der Waals surface area contributed by atoms with Gasteiger partial charge in [0, 0.05) is 0 Å². The van der Waals surface area contributed by atoms with Crippen LogP contribution in [0.4, 0.5) is 0 Å². The van der Waals surface area contributed by atoms with Crippen LogP contribution in [-0.4, -0.2) is 5.16 Å². The van der Waals surface area contributed by atoms with Gasteiger partial charge in [-0.25, -0.2) is 0 Å². The second-order valence-corrected chi connectivity index (χ2v) is 10.6. The predicted molar refractivity (Wildman–Crippen MR) is 109 cm³/mol. The molecule has 0 aliphatic rings. The molecule has 0 atom stereocenters. The minimum atomic E-state index is -1.87. The maximum absolute atomic E-state index is 4.20. The molecule has 1 heteroatoms. The highest BCUT2D eigenvalue weighted by molar-refractivity contribution is 7.97. The van der Waals surface area contributed by atoms with Gasteiger partial charge in [-0.1, -0.05) is 61.2 Å². The Labute approximate surface area is 146 Å². The number of benzene rings is 3. The molecule has 3 aromatic rings. The summed E-state index contributed by atoms with van der Waals surface area (Å²) in [6.07, 6.45) is 2.13. The first-order valence-electron chi connectivity index (χ1n) is 8.32. The summed E-state index contributed by atoms with van der Waals surface area (Å²) in [6, 6.07) is 32.8. The average molecular weight is 331 g/mol. The molecule has 0 saturated carbocycles. The Bertz CT molecular complexity index is 693. The van der Waals surface area contributed by atoms with Crippen LogP contribution in [-0.2, 0) is 0 Å². The zero-order valence-electron chi connectivity index (χ0n) is 14.4. The molecule has 0 amide bonds. The fourth-order valence-electron chi connectivity index (χ4n) is 3.54. The molecule has 3 rings (SSSR count). The van der Waals surface area contributed by atoms with Crippen LogP contribution < -0.4 is 15.9 Å². The van der Waals surface area contributed by atoms with Crippen LogP contribution in [0, 0.1) is 0 Å². The Balaban J connectivity index is 2.45. The fourth-order valence-corrected chi connectivity index (χ4v) is 8.56. The van der Waals surface area contributed by atoms with Gasteiger partial charge < -0.3 is 0 Å². The van der Waals surface area contributed by atoms with Crippen LogP contribution in [0.3, 0.4) is 0 Å². The van der Waals surface area contributed by atoms with Crippen molar-refractivity contribution >= 4 is 23.2 Å². The van der Waals surface area contributed by atoms with E-state index >= 15 is 0 Å². The molecule has 0 bridgehead atoms. The maximum atomic E-state index is 4.20. The lowest BCUT2D eigenvalue weighted by Gasteiger charge is -2.38. The smallest absolute Gasteiger partial charge is 0.0989 e. The Hall–Kier alpha value is -2.17. The molecule has 24 heavy (non-hydrogen) atoms. The molecule has 0 aliphatic carbocycles. The lowest BCUT2D eigenvalue weighted by molar-refractivity contribution is 0.883. The monoisotopic (exact) mass is 331 g/mol. The van der Waals surface area contributed by atoms with Gasteiger partial charge in [0.05, 0.1) is 0 Å². The van der Waals surface area contributed by atoms with Gasteiger partial charge in [0.15, 0.2) is 0 Å². The summed E-state index contributed by atoms with van der Waals surface area (Å²) in [4.78, 5) is 0. The van der Waals surface area contributed by atoms with Gasteiger partial charge in [0.1, 0.15) is 28.3 Å². The first kappa shape index (κ1) is 16.7. The van der Waals surface area contributed by atoms with E-state index in [1.807, 2.05) is 0 Å². The van der Waals surface area contributed by atoms with Gasteiger partial charge >= 0.3 is 0 Å². The Morgan fingerprint density at radius 2 is 0.917 bits per heavy atom. The molecule has 0 saturated heterocycles. The van der Waals surface area contributed by atoms with E-state index in [1.165, 1.54) is 15.9 Å². The van der Waals surface area contributed by atoms with Gasteiger partial charge in [-0.3, -0.25) is 0 Å². The summed E-state index contributed by atoms with van der Waals surface area (Å²) in [5.74, 6) is 0. The van der Waals surface area contributed by atoms with Gasteiger partial charge in [-0.05, 0) is 56.3 Å². The van der Waals surface area contributed by atoms with Crippen LogP contribution in [0.5, 0.6) is 0 Å². The highest BCUT2D eigenvalue weighted by Crippen LogP contribution is 2.66. The molecular weight excluding hydrogens is 307 g/mol. The molecule has 0 radical (unpaired) electrons. The van der Waals surface area contributed by atoms with E-state index in [9.17, 15) is 0 Å². The maximum Gasteiger partial charge on any atom is 0.121 e. The number of hydrogen-bond acceptors (Lipinski definition) is 0. The fraction of sp³-hybridized carbons (Fsp3) is 0.130. The van der Waals surface area contributed by atoms with E-state index in [4.69, 9.17) is 0 Å². The zero-order chi connectivity index (χ0) is 17.0. The van der Waals surface area contributed by atoms with E-state index in [2.05, 4.69) is 117 Å². The molecule has 3 aromatic carbocycles. The van der Waals surface area contributed by atoms with Gasteiger partial charge in [0.2, 0.25) is 0 Å². The lowest BCUT2D eigenvalue weighted by Crippen LogP contribution is -2.43. The summed E-state index contributed by atoms with van der Waals surface area (Å²) >= 11 is 0. The molecule has 0 unspecified atom stereocenters. The molecular formula is C23H24P+. The molecule has 0 aromatic heterocycles. The largest absolute Gasteiger partial charge is 0.121 e. The van der Waals surface area contributed by atoms with Crippen molar-refractivity contribution in [2.75, 3.05) is 0 Å². The first-order valence-corrected chi connectivity index (χ1v) is 10.1. The summed E-state index contributed by atoms with van der Waals surface area (Å²) in [7, 11) is -1.87. The predicted octanol–water partition coefficient (Wildman–Crippen LogP) is 4.95. The normalized spacial score (nSPS) is 11.9. The van der Waals surface area contributed by atoms with Crippen LogP contribution in [0.2, 0.25) is 0 Å². The molecule has 0 N–H and O–H groups in total. The van der Waals surface area contributed by atoms with Crippen LogP contribution in [0.1, 0.15) is 13.8 Å². The topological polar surface area (TPSA) is 0 Å². The third kappa shape index (κ3) is 2.62. The van der Waals surface area contributed by atoms with Crippen LogP contribution in [0.25, 0.3) is 0 Å². The number of allylic oxidation sites excluding steroid dienone is 1. The highest BCUT2D eigenvalue weighted by Gasteiger charge is 2.56. The van der Waals surface area contributed by atoms with Crippen molar-refractivity contribution < 1.29 is 0 Å². The molecule has 0 nitrogen and oxygen atoms in total. The third-order valence-electron chi connectivity index (χ3n) is 4.79. The zero-order valence-corrected chi connectivity index (χ0v) is 15.3. The molecule has 0 aliphatic heterocycles. The van der Waals surface area contributed by atoms with E-state index in [1.54, 1.807) is 0 Å². The summed E-state index contributed by atoms with van der Waals surface area (Å²) in [5.41, 5.74) is 0. The number of hydrogen-bond donors (Lipinski definition) is 0. The van der Waals surface area contributed by atoms with Crippen molar-refractivity contribution in [2.45, 2.75) is 19.0 Å². The van der Waals surface area contributed by atoms with Crippen molar-refractivity contribution in [3.05, 3.63) is 104 Å². The van der Waals surface area contributed by atoms with Crippen molar-refractivity contribution in [2.24, 2.45) is 0 Å². The Morgan fingerprint density at radius 1 is 0.625 bits per heavy atom. The van der Waals surface area contributed by atoms with Crippen LogP contribution in [0.15, 0.2) is 104 Å². The Kier molecular flexibility index (Phi) is 4.69. The van der Waals surface area contributed by atoms with Gasteiger partial charge in [-0.15, -0.1) is 0 Å². The van der Waals surface area contributed by atoms with Gasteiger partial charge in [0.25, 0.3) is 0 Å². The van der Waals surface area contributed by atoms with E-state index < -0.39 is 7.26 Å². The van der Waals surface area contributed by atoms with Crippen LogP contribution >= 0.6 is 7.26 Å². The molecule has 0 heterocycles. The first-order chi connectivity index (χ1) is 11.6.